The van der Waals surface area contributed by atoms with E-state index in [2.05, 4.69) is 10.4 Å². The van der Waals surface area contributed by atoms with Crippen LogP contribution in [0.2, 0.25) is 0 Å². The van der Waals surface area contributed by atoms with Gasteiger partial charge < -0.3 is 10.0 Å². The quantitative estimate of drug-likeness (QED) is 0.906. The summed E-state index contributed by atoms with van der Waals surface area (Å²) in [7, 11) is 1.71. The Hall–Kier alpha value is -2.34. The lowest BCUT2D eigenvalue weighted by atomic mass is 10.0. The van der Waals surface area contributed by atoms with Crippen LogP contribution in [-0.4, -0.2) is 45.0 Å². The largest absolute Gasteiger partial charge is 0.388 e. The minimum Gasteiger partial charge on any atom is -0.388 e. The summed E-state index contributed by atoms with van der Waals surface area (Å²) in [6.45, 7) is 2.35. The van der Waals surface area contributed by atoms with E-state index in [0.717, 1.165) is 36.9 Å². The number of aromatic nitrogens is 2. The molecule has 1 heterocycles. The molecular formula is C18H24N4O2. The third-order valence-corrected chi connectivity index (χ3v) is 4.63. The van der Waals surface area contributed by atoms with Gasteiger partial charge in [-0.25, -0.2) is 9.48 Å². The Balaban J connectivity index is 1.71. The molecule has 3 rings (SSSR count). The van der Waals surface area contributed by atoms with Crippen molar-refractivity contribution in [3.8, 4) is 5.69 Å². The van der Waals surface area contributed by atoms with Crippen molar-refractivity contribution in [1.82, 2.24) is 14.7 Å². The number of urea groups is 1. The molecule has 0 spiro atoms. The molecule has 0 radical (unpaired) electrons. The van der Waals surface area contributed by atoms with Crippen LogP contribution in [-0.2, 0) is 0 Å². The van der Waals surface area contributed by atoms with Crippen molar-refractivity contribution in [2.75, 3.05) is 18.9 Å². The molecule has 128 valence electrons. The van der Waals surface area contributed by atoms with Gasteiger partial charge in [-0.05, 0) is 31.4 Å². The molecule has 6 heteroatoms. The normalized spacial score (nSPS) is 16.1. The predicted molar refractivity (Wildman–Crippen MR) is 93.4 cm³/mol. The highest BCUT2D eigenvalue weighted by molar-refractivity contribution is 5.88. The molecule has 6 nitrogen and oxygen atoms in total. The first-order valence-electron chi connectivity index (χ1n) is 8.33. The number of para-hydroxylation sites is 1. The van der Waals surface area contributed by atoms with Crippen molar-refractivity contribution in [2.45, 2.75) is 38.2 Å². The highest BCUT2D eigenvalue weighted by Gasteiger charge is 2.33. The van der Waals surface area contributed by atoms with Crippen LogP contribution in [0.3, 0.4) is 0 Å². The second-order valence-electron chi connectivity index (χ2n) is 6.63. The van der Waals surface area contributed by atoms with E-state index in [4.69, 9.17) is 0 Å². The Morgan fingerprint density at radius 3 is 2.75 bits per heavy atom. The van der Waals surface area contributed by atoms with E-state index in [1.165, 1.54) is 0 Å². The molecule has 0 unspecified atom stereocenters. The van der Waals surface area contributed by atoms with E-state index in [9.17, 15) is 9.90 Å². The number of aryl methyl sites for hydroxylation is 1. The van der Waals surface area contributed by atoms with Crippen LogP contribution in [0.25, 0.3) is 5.69 Å². The number of aliphatic hydroxyl groups is 1. The Kier molecular flexibility index (Phi) is 4.57. The zero-order valence-corrected chi connectivity index (χ0v) is 14.2. The van der Waals surface area contributed by atoms with Gasteiger partial charge >= 0.3 is 6.03 Å². The first kappa shape index (κ1) is 16.5. The van der Waals surface area contributed by atoms with Gasteiger partial charge in [0.25, 0.3) is 0 Å². The fraction of sp³-hybridized carbons (Fsp3) is 0.444. The molecule has 2 amide bonds. The van der Waals surface area contributed by atoms with Gasteiger partial charge in [-0.1, -0.05) is 31.0 Å². The number of nitrogens with zero attached hydrogens (tertiary/aromatic N) is 3. The Labute approximate surface area is 142 Å². The van der Waals surface area contributed by atoms with Crippen LogP contribution in [0, 0.1) is 6.92 Å². The van der Waals surface area contributed by atoms with Crippen LogP contribution < -0.4 is 5.32 Å². The lowest BCUT2D eigenvalue weighted by Crippen LogP contribution is -2.43. The van der Waals surface area contributed by atoms with Gasteiger partial charge in [-0.15, -0.1) is 0 Å². The average molecular weight is 328 g/mol. The van der Waals surface area contributed by atoms with Gasteiger partial charge in [0, 0.05) is 13.1 Å². The van der Waals surface area contributed by atoms with Gasteiger partial charge in [0.1, 0.15) is 5.82 Å². The lowest BCUT2D eigenvalue weighted by molar-refractivity contribution is 0.0261. The first-order valence-corrected chi connectivity index (χ1v) is 8.33. The van der Waals surface area contributed by atoms with Crippen molar-refractivity contribution < 1.29 is 9.90 Å². The molecule has 2 N–H and O–H groups in total. The van der Waals surface area contributed by atoms with Crippen molar-refractivity contribution in [2.24, 2.45) is 0 Å². The predicted octanol–water partition coefficient (Wildman–Crippen LogP) is 2.95. The molecule has 24 heavy (non-hydrogen) atoms. The van der Waals surface area contributed by atoms with Crippen LogP contribution in [0.15, 0.2) is 36.5 Å². The molecular weight excluding hydrogens is 304 g/mol. The number of nitrogens with one attached hydrogen (secondary N) is 1. The minimum absolute atomic E-state index is 0.245. The number of likely N-dealkylation sites (N-methyl/N-ethyl adjacent to an activating group) is 1. The zero-order valence-electron chi connectivity index (χ0n) is 14.2. The standard InChI is InChI=1S/C18H24N4O2/c1-14-7-3-4-8-15(14)22-16(9-12-19-22)20-17(23)21(2)13-18(24)10-5-6-11-18/h3-4,7-9,12,24H,5-6,10-11,13H2,1-2H3,(H,20,23). The van der Waals surface area contributed by atoms with Crippen molar-refractivity contribution >= 4 is 11.8 Å². The van der Waals surface area contributed by atoms with Gasteiger partial charge in [-0.2, -0.15) is 5.10 Å². The topological polar surface area (TPSA) is 70.4 Å². The summed E-state index contributed by atoms with van der Waals surface area (Å²) >= 11 is 0. The molecule has 1 aromatic carbocycles. The maximum atomic E-state index is 12.5. The van der Waals surface area contributed by atoms with E-state index < -0.39 is 5.60 Å². The second-order valence-corrected chi connectivity index (χ2v) is 6.63. The number of carbonyl (C=O) groups excluding carboxylic acids is 1. The molecule has 1 fully saturated rings. The number of hydrogen-bond donors (Lipinski definition) is 2. The van der Waals surface area contributed by atoms with Gasteiger partial charge in [0.05, 0.1) is 24.0 Å². The third kappa shape index (κ3) is 3.43. The first-order chi connectivity index (χ1) is 11.5. The van der Waals surface area contributed by atoms with Crippen molar-refractivity contribution in [3.05, 3.63) is 42.1 Å². The summed E-state index contributed by atoms with van der Waals surface area (Å²) in [5.41, 5.74) is 1.25. The maximum Gasteiger partial charge on any atom is 0.322 e. The highest BCUT2D eigenvalue weighted by atomic mass is 16.3. The molecule has 0 saturated heterocycles. The van der Waals surface area contributed by atoms with E-state index in [0.29, 0.717) is 12.4 Å². The molecule has 0 aliphatic heterocycles. The summed E-state index contributed by atoms with van der Waals surface area (Å²) in [6.07, 6.45) is 5.21. The van der Waals surface area contributed by atoms with Crippen LogP contribution >= 0.6 is 0 Å². The molecule has 1 aliphatic rings. The molecule has 1 saturated carbocycles. The number of rotatable bonds is 4. The second kappa shape index (κ2) is 6.65. The third-order valence-electron chi connectivity index (χ3n) is 4.63. The number of carbonyl (C=O) groups is 1. The zero-order chi connectivity index (χ0) is 17.2. The van der Waals surface area contributed by atoms with Crippen LogP contribution in [0.5, 0.6) is 0 Å². The van der Waals surface area contributed by atoms with Gasteiger partial charge in [0.15, 0.2) is 0 Å². The number of anilines is 1. The molecule has 2 aromatic rings. The number of benzene rings is 1. The minimum atomic E-state index is -0.748. The lowest BCUT2D eigenvalue weighted by Gasteiger charge is -2.28. The molecule has 1 aromatic heterocycles. The highest BCUT2D eigenvalue weighted by Crippen LogP contribution is 2.30. The molecule has 0 bridgehead atoms. The summed E-state index contributed by atoms with van der Waals surface area (Å²) < 4.78 is 1.71. The van der Waals surface area contributed by atoms with E-state index in [-0.39, 0.29) is 6.03 Å². The SMILES string of the molecule is Cc1ccccc1-n1nccc1NC(=O)N(C)CC1(O)CCCC1. The summed E-state index contributed by atoms with van der Waals surface area (Å²) in [5, 5.41) is 17.7. The summed E-state index contributed by atoms with van der Waals surface area (Å²) in [6, 6.07) is 9.40. The summed E-state index contributed by atoms with van der Waals surface area (Å²) in [5.74, 6) is 0.611. The van der Waals surface area contributed by atoms with Crippen LogP contribution in [0.1, 0.15) is 31.2 Å². The fourth-order valence-electron chi connectivity index (χ4n) is 3.30. The Bertz CT molecular complexity index is 719. The van der Waals surface area contributed by atoms with Crippen LogP contribution in [0.4, 0.5) is 10.6 Å². The van der Waals surface area contributed by atoms with Crippen molar-refractivity contribution in [1.29, 1.82) is 0 Å². The van der Waals surface area contributed by atoms with E-state index in [1.807, 2.05) is 31.2 Å². The smallest absolute Gasteiger partial charge is 0.322 e. The summed E-state index contributed by atoms with van der Waals surface area (Å²) in [4.78, 5) is 14.0. The Morgan fingerprint density at radius 1 is 1.33 bits per heavy atom. The van der Waals surface area contributed by atoms with Gasteiger partial charge in [-0.3, -0.25) is 5.32 Å². The molecule has 0 atom stereocenters. The average Bonchev–Trinajstić information content (AvgIpc) is 3.17. The van der Waals surface area contributed by atoms with Gasteiger partial charge in [0.2, 0.25) is 0 Å². The number of hydrogen-bond acceptors (Lipinski definition) is 3. The van der Waals surface area contributed by atoms with E-state index in [1.54, 1.807) is 28.9 Å². The van der Waals surface area contributed by atoms with E-state index >= 15 is 0 Å². The fourth-order valence-corrected chi connectivity index (χ4v) is 3.30. The Morgan fingerprint density at radius 2 is 2.04 bits per heavy atom. The molecule has 1 aliphatic carbocycles. The van der Waals surface area contributed by atoms with Crippen molar-refractivity contribution in [3.63, 3.8) is 0 Å². The number of amides is 2. The maximum absolute atomic E-state index is 12.5. The monoisotopic (exact) mass is 328 g/mol.